The molecule has 0 bridgehead atoms. The SMILES string of the molecule is C=CC(=C)C(/C=C\C)=C(\C)c1ccccc1. The van der Waals surface area contributed by atoms with Gasteiger partial charge in [-0.15, -0.1) is 0 Å². The molecule has 0 saturated carbocycles. The summed E-state index contributed by atoms with van der Waals surface area (Å²) in [6.45, 7) is 11.9. The Kier molecular flexibility index (Phi) is 4.53. The van der Waals surface area contributed by atoms with E-state index in [0.717, 1.165) is 11.1 Å². The maximum absolute atomic E-state index is 4.01. The molecule has 0 heteroatoms. The van der Waals surface area contributed by atoms with Gasteiger partial charge in [-0.3, -0.25) is 0 Å². The molecule has 82 valence electrons. The monoisotopic (exact) mass is 210 g/mol. The fourth-order valence-electron chi connectivity index (χ4n) is 1.59. The van der Waals surface area contributed by atoms with Crippen LogP contribution in [-0.4, -0.2) is 0 Å². The molecule has 0 aliphatic carbocycles. The molecular formula is C16H18. The molecule has 0 amide bonds. The molecule has 0 spiro atoms. The zero-order valence-electron chi connectivity index (χ0n) is 10.0. The van der Waals surface area contributed by atoms with E-state index in [1.165, 1.54) is 11.1 Å². The highest BCUT2D eigenvalue weighted by molar-refractivity contribution is 5.74. The quantitative estimate of drug-likeness (QED) is 0.627. The first kappa shape index (κ1) is 12.3. The van der Waals surface area contributed by atoms with Gasteiger partial charge >= 0.3 is 0 Å². The van der Waals surface area contributed by atoms with Crippen LogP contribution < -0.4 is 0 Å². The Morgan fingerprint density at radius 2 is 1.81 bits per heavy atom. The summed E-state index contributed by atoms with van der Waals surface area (Å²) in [5.74, 6) is 0. The van der Waals surface area contributed by atoms with Gasteiger partial charge < -0.3 is 0 Å². The summed E-state index contributed by atoms with van der Waals surface area (Å²) in [7, 11) is 0. The van der Waals surface area contributed by atoms with E-state index in [4.69, 9.17) is 0 Å². The second kappa shape index (κ2) is 5.92. The van der Waals surface area contributed by atoms with Crippen molar-refractivity contribution in [2.75, 3.05) is 0 Å². The smallest absolute Gasteiger partial charge is 0.0158 e. The average Bonchev–Trinajstić information content (AvgIpc) is 2.35. The van der Waals surface area contributed by atoms with Gasteiger partial charge in [-0.2, -0.15) is 0 Å². The van der Waals surface area contributed by atoms with Gasteiger partial charge in [0.1, 0.15) is 0 Å². The molecule has 1 rings (SSSR count). The number of rotatable bonds is 4. The normalized spacial score (nSPS) is 12.4. The Hall–Kier alpha value is -1.82. The van der Waals surface area contributed by atoms with Crippen LogP contribution in [-0.2, 0) is 0 Å². The highest BCUT2D eigenvalue weighted by Crippen LogP contribution is 2.24. The van der Waals surface area contributed by atoms with Crippen molar-refractivity contribution in [2.45, 2.75) is 13.8 Å². The first-order chi connectivity index (χ1) is 7.70. The van der Waals surface area contributed by atoms with Crippen molar-refractivity contribution in [3.8, 4) is 0 Å². The largest absolute Gasteiger partial charge is 0.0985 e. The topological polar surface area (TPSA) is 0 Å². The third-order valence-corrected chi connectivity index (χ3v) is 2.54. The molecule has 0 radical (unpaired) electrons. The Morgan fingerprint density at radius 1 is 1.19 bits per heavy atom. The summed E-state index contributed by atoms with van der Waals surface area (Å²) in [4.78, 5) is 0. The van der Waals surface area contributed by atoms with E-state index in [2.05, 4.69) is 38.3 Å². The van der Waals surface area contributed by atoms with Crippen molar-refractivity contribution in [2.24, 2.45) is 0 Å². The lowest BCUT2D eigenvalue weighted by molar-refractivity contribution is 1.48. The maximum Gasteiger partial charge on any atom is -0.0158 e. The van der Waals surface area contributed by atoms with E-state index >= 15 is 0 Å². The maximum atomic E-state index is 4.01. The zero-order valence-corrected chi connectivity index (χ0v) is 10.0. The van der Waals surface area contributed by atoms with E-state index < -0.39 is 0 Å². The molecule has 0 aliphatic rings. The highest BCUT2D eigenvalue weighted by atomic mass is 14.1. The summed E-state index contributed by atoms with van der Waals surface area (Å²) in [6.07, 6.45) is 5.89. The van der Waals surface area contributed by atoms with Crippen molar-refractivity contribution >= 4 is 5.57 Å². The Morgan fingerprint density at radius 3 is 2.31 bits per heavy atom. The van der Waals surface area contributed by atoms with Crippen LogP contribution in [0.3, 0.4) is 0 Å². The molecule has 16 heavy (non-hydrogen) atoms. The van der Waals surface area contributed by atoms with Crippen LogP contribution in [0.5, 0.6) is 0 Å². The van der Waals surface area contributed by atoms with Crippen molar-refractivity contribution < 1.29 is 0 Å². The standard InChI is InChI=1S/C16H18/c1-5-10-16(13(3)6-2)14(4)15-11-8-7-9-12-15/h5-12H,2-3H2,1,4H3/b10-5-,16-14+. The number of hydrogen-bond acceptors (Lipinski definition) is 0. The van der Waals surface area contributed by atoms with E-state index in [0.29, 0.717) is 0 Å². The van der Waals surface area contributed by atoms with Gasteiger partial charge in [0.2, 0.25) is 0 Å². The molecule has 1 aromatic carbocycles. The molecule has 0 saturated heterocycles. The van der Waals surface area contributed by atoms with E-state index in [1.807, 2.05) is 31.2 Å². The van der Waals surface area contributed by atoms with Crippen LogP contribution in [0.25, 0.3) is 5.57 Å². The third kappa shape index (κ3) is 2.83. The van der Waals surface area contributed by atoms with Crippen molar-refractivity contribution in [1.29, 1.82) is 0 Å². The summed E-state index contributed by atoms with van der Waals surface area (Å²) >= 11 is 0. The predicted molar refractivity (Wildman–Crippen MR) is 73.2 cm³/mol. The van der Waals surface area contributed by atoms with Crippen LogP contribution >= 0.6 is 0 Å². The Bertz CT molecular complexity index is 430. The lowest BCUT2D eigenvalue weighted by atomic mass is 9.96. The number of allylic oxidation sites excluding steroid dienone is 6. The fraction of sp³-hybridized carbons (Fsp3) is 0.125. The second-order valence-electron chi connectivity index (χ2n) is 3.63. The minimum absolute atomic E-state index is 0.958. The van der Waals surface area contributed by atoms with Gasteiger partial charge in [0, 0.05) is 0 Å². The fourth-order valence-corrected chi connectivity index (χ4v) is 1.59. The Labute approximate surface area is 98.3 Å². The molecular weight excluding hydrogens is 192 g/mol. The van der Waals surface area contributed by atoms with Crippen molar-refractivity contribution in [3.63, 3.8) is 0 Å². The van der Waals surface area contributed by atoms with Gasteiger partial charge in [0.25, 0.3) is 0 Å². The molecule has 0 N–H and O–H groups in total. The first-order valence-corrected chi connectivity index (χ1v) is 5.41. The van der Waals surface area contributed by atoms with Gasteiger partial charge in [0.15, 0.2) is 0 Å². The summed E-state index contributed by atoms with van der Waals surface area (Å²) in [5.41, 5.74) is 4.55. The van der Waals surface area contributed by atoms with Crippen LogP contribution in [0.1, 0.15) is 19.4 Å². The summed E-state index contributed by atoms with van der Waals surface area (Å²) in [6, 6.07) is 10.3. The van der Waals surface area contributed by atoms with E-state index in [9.17, 15) is 0 Å². The molecule has 0 fully saturated rings. The predicted octanol–water partition coefficient (Wildman–Crippen LogP) is 4.78. The molecule has 0 nitrogen and oxygen atoms in total. The summed E-state index contributed by atoms with van der Waals surface area (Å²) in [5, 5.41) is 0. The molecule has 0 unspecified atom stereocenters. The van der Waals surface area contributed by atoms with Gasteiger partial charge in [-0.05, 0) is 36.1 Å². The minimum Gasteiger partial charge on any atom is -0.0985 e. The van der Waals surface area contributed by atoms with E-state index in [1.54, 1.807) is 6.08 Å². The lowest BCUT2D eigenvalue weighted by Gasteiger charge is -2.09. The van der Waals surface area contributed by atoms with Gasteiger partial charge in [-0.1, -0.05) is 61.7 Å². The van der Waals surface area contributed by atoms with Crippen LogP contribution in [0.15, 0.2) is 72.9 Å². The average molecular weight is 210 g/mol. The van der Waals surface area contributed by atoms with Crippen LogP contribution in [0.2, 0.25) is 0 Å². The minimum atomic E-state index is 0.958. The molecule has 0 heterocycles. The van der Waals surface area contributed by atoms with Crippen LogP contribution in [0.4, 0.5) is 0 Å². The lowest BCUT2D eigenvalue weighted by Crippen LogP contribution is -1.88. The van der Waals surface area contributed by atoms with Crippen molar-refractivity contribution in [1.82, 2.24) is 0 Å². The highest BCUT2D eigenvalue weighted by Gasteiger charge is 2.03. The van der Waals surface area contributed by atoms with Crippen molar-refractivity contribution in [3.05, 3.63) is 78.4 Å². The molecule has 1 aromatic rings. The van der Waals surface area contributed by atoms with Gasteiger partial charge in [0.05, 0.1) is 0 Å². The van der Waals surface area contributed by atoms with Gasteiger partial charge in [-0.25, -0.2) is 0 Å². The molecule has 0 aliphatic heterocycles. The molecule has 0 aromatic heterocycles. The Balaban J connectivity index is 3.27. The molecule has 0 atom stereocenters. The summed E-state index contributed by atoms with van der Waals surface area (Å²) < 4.78 is 0. The first-order valence-electron chi connectivity index (χ1n) is 5.41. The zero-order chi connectivity index (χ0) is 12.0. The number of hydrogen-bond donors (Lipinski definition) is 0. The second-order valence-corrected chi connectivity index (χ2v) is 3.63. The van der Waals surface area contributed by atoms with Crippen LogP contribution in [0, 0.1) is 0 Å². The number of benzene rings is 1. The van der Waals surface area contributed by atoms with E-state index in [-0.39, 0.29) is 0 Å². The third-order valence-electron chi connectivity index (χ3n) is 2.54.